The van der Waals surface area contributed by atoms with Gasteiger partial charge in [0.15, 0.2) is 0 Å². The first-order valence-electron chi connectivity index (χ1n) is 6.58. The lowest BCUT2D eigenvalue weighted by Gasteiger charge is -2.17. The summed E-state index contributed by atoms with van der Waals surface area (Å²) in [6.45, 7) is 3.12. The van der Waals surface area contributed by atoms with E-state index in [0.29, 0.717) is 5.75 Å². The van der Waals surface area contributed by atoms with E-state index in [2.05, 4.69) is 9.97 Å². The van der Waals surface area contributed by atoms with Gasteiger partial charge in [-0.1, -0.05) is 0 Å². The van der Waals surface area contributed by atoms with Crippen molar-refractivity contribution in [3.8, 4) is 5.75 Å². The first-order valence-corrected chi connectivity index (χ1v) is 6.58. The zero-order chi connectivity index (χ0) is 17.1. The van der Waals surface area contributed by atoms with Crippen molar-refractivity contribution in [2.24, 2.45) is 0 Å². The van der Waals surface area contributed by atoms with Crippen molar-refractivity contribution in [1.82, 2.24) is 9.97 Å². The van der Waals surface area contributed by atoms with Crippen LogP contribution in [0.4, 0.5) is 11.6 Å². The largest absolute Gasteiger partial charge is 0.484 e. The summed E-state index contributed by atoms with van der Waals surface area (Å²) < 4.78 is 5.60. The summed E-state index contributed by atoms with van der Waals surface area (Å²) in [4.78, 5) is 29.3. The van der Waals surface area contributed by atoms with Crippen molar-refractivity contribution in [3.05, 3.63) is 51.3 Å². The molecule has 0 bridgehead atoms. The van der Waals surface area contributed by atoms with Gasteiger partial charge in [-0.2, -0.15) is 0 Å². The zero-order valence-corrected chi connectivity index (χ0v) is 12.4. The second kappa shape index (κ2) is 6.26. The third kappa shape index (κ3) is 3.51. The molecule has 1 unspecified atom stereocenters. The molecule has 0 amide bonds. The summed E-state index contributed by atoms with van der Waals surface area (Å²) in [6, 6.07) is 5.43. The van der Waals surface area contributed by atoms with Crippen LogP contribution in [-0.4, -0.2) is 26.0 Å². The van der Waals surface area contributed by atoms with Crippen LogP contribution < -0.4 is 10.5 Å². The van der Waals surface area contributed by atoms with E-state index >= 15 is 0 Å². The average Bonchev–Trinajstić information content (AvgIpc) is 2.46. The SMILES string of the molecule is Cc1nc(N)nc(C(C)Oc2ccc([N+](=O)[O-])cc2)c1C(=O)O. The molecule has 2 aromatic rings. The number of nitrogens with two attached hydrogens (primary N) is 1. The molecule has 0 saturated heterocycles. The molecule has 0 fully saturated rings. The lowest BCUT2D eigenvalue weighted by atomic mass is 10.1. The molecule has 0 aliphatic carbocycles. The number of carboxylic acids is 1. The van der Waals surface area contributed by atoms with E-state index in [9.17, 15) is 20.0 Å². The predicted octanol–water partition coefficient (Wildman–Crippen LogP) is 2.11. The fraction of sp³-hybridized carbons (Fsp3) is 0.214. The first kappa shape index (κ1) is 16.1. The van der Waals surface area contributed by atoms with Gasteiger partial charge in [-0.05, 0) is 26.0 Å². The second-order valence-electron chi connectivity index (χ2n) is 4.74. The van der Waals surface area contributed by atoms with E-state index < -0.39 is 17.0 Å². The fourth-order valence-corrected chi connectivity index (χ4v) is 2.08. The number of anilines is 1. The van der Waals surface area contributed by atoms with Crippen LogP contribution in [0.1, 0.15) is 34.8 Å². The molecule has 1 aromatic heterocycles. The molecule has 0 aliphatic heterocycles. The first-order chi connectivity index (χ1) is 10.8. The van der Waals surface area contributed by atoms with E-state index in [4.69, 9.17) is 10.5 Å². The molecule has 9 nitrogen and oxygen atoms in total. The van der Waals surface area contributed by atoms with Gasteiger partial charge in [0.2, 0.25) is 5.95 Å². The van der Waals surface area contributed by atoms with Crippen LogP contribution in [0.2, 0.25) is 0 Å². The number of hydrogen-bond acceptors (Lipinski definition) is 7. The average molecular weight is 318 g/mol. The van der Waals surface area contributed by atoms with Crippen molar-refractivity contribution >= 4 is 17.6 Å². The third-order valence-electron chi connectivity index (χ3n) is 3.09. The van der Waals surface area contributed by atoms with Crippen LogP contribution in [-0.2, 0) is 0 Å². The smallest absolute Gasteiger partial charge is 0.339 e. The molecule has 9 heteroatoms. The number of nitrogens with zero attached hydrogens (tertiary/aromatic N) is 3. The Bertz CT molecular complexity index is 761. The van der Waals surface area contributed by atoms with Gasteiger partial charge >= 0.3 is 5.97 Å². The van der Waals surface area contributed by atoms with Gasteiger partial charge in [0, 0.05) is 12.1 Å². The molecule has 1 aromatic carbocycles. The summed E-state index contributed by atoms with van der Waals surface area (Å²) >= 11 is 0. The Morgan fingerprint density at radius 3 is 2.48 bits per heavy atom. The van der Waals surface area contributed by atoms with Crippen molar-refractivity contribution in [2.45, 2.75) is 20.0 Å². The molecule has 3 N–H and O–H groups in total. The van der Waals surface area contributed by atoms with E-state index in [1.54, 1.807) is 6.92 Å². The van der Waals surface area contributed by atoms with Crippen LogP contribution in [0.15, 0.2) is 24.3 Å². The summed E-state index contributed by atoms with van der Waals surface area (Å²) in [7, 11) is 0. The Morgan fingerprint density at radius 2 is 1.96 bits per heavy atom. The number of ether oxygens (including phenoxy) is 1. The maximum Gasteiger partial charge on any atom is 0.339 e. The van der Waals surface area contributed by atoms with Crippen LogP contribution in [0.25, 0.3) is 0 Å². The maximum absolute atomic E-state index is 11.4. The lowest BCUT2D eigenvalue weighted by Crippen LogP contribution is -2.17. The van der Waals surface area contributed by atoms with Crippen molar-refractivity contribution < 1.29 is 19.6 Å². The highest BCUT2D eigenvalue weighted by molar-refractivity contribution is 5.90. The second-order valence-corrected chi connectivity index (χ2v) is 4.74. The summed E-state index contributed by atoms with van der Waals surface area (Å²) in [5.41, 5.74) is 5.80. The van der Waals surface area contributed by atoms with E-state index in [1.807, 2.05) is 0 Å². The number of hydrogen-bond donors (Lipinski definition) is 2. The number of aromatic carboxylic acids is 1. The summed E-state index contributed by atoms with van der Waals surface area (Å²) in [5, 5.41) is 19.9. The van der Waals surface area contributed by atoms with Gasteiger partial charge < -0.3 is 15.6 Å². The normalized spacial score (nSPS) is 11.7. The van der Waals surface area contributed by atoms with E-state index in [1.165, 1.54) is 31.2 Å². The van der Waals surface area contributed by atoms with Gasteiger partial charge in [0.1, 0.15) is 23.1 Å². The van der Waals surface area contributed by atoms with Crippen LogP contribution >= 0.6 is 0 Å². The van der Waals surface area contributed by atoms with E-state index in [-0.39, 0.29) is 28.6 Å². The molecule has 1 atom stereocenters. The highest BCUT2D eigenvalue weighted by Crippen LogP contribution is 2.26. The molecule has 1 heterocycles. The number of aryl methyl sites for hydroxylation is 1. The van der Waals surface area contributed by atoms with Gasteiger partial charge in [0.05, 0.1) is 10.6 Å². The Morgan fingerprint density at radius 1 is 1.35 bits per heavy atom. The number of nitro benzene ring substituents is 1. The van der Waals surface area contributed by atoms with Crippen LogP contribution in [0.5, 0.6) is 5.75 Å². The molecular weight excluding hydrogens is 304 g/mol. The highest BCUT2D eigenvalue weighted by Gasteiger charge is 2.23. The fourth-order valence-electron chi connectivity index (χ4n) is 2.08. The Balaban J connectivity index is 2.32. The number of rotatable bonds is 5. The Kier molecular flexibility index (Phi) is 4.39. The lowest BCUT2D eigenvalue weighted by molar-refractivity contribution is -0.384. The summed E-state index contributed by atoms with van der Waals surface area (Å²) in [6.07, 6.45) is -0.730. The monoisotopic (exact) mass is 318 g/mol. The molecule has 120 valence electrons. The molecule has 23 heavy (non-hydrogen) atoms. The molecular formula is C14H14N4O5. The minimum Gasteiger partial charge on any atom is -0.484 e. The number of benzene rings is 1. The van der Waals surface area contributed by atoms with Gasteiger partial charge in [-0.3, -0.25) is 10.1 Å². The Labute approximate surface area is 130 Å². The van der Waals surface area contributed by atoms with Crippen molar-refractivity contribution in [3.63, 3.8) is 0 Å². The minimum atomic E-state index is -1.18. The number of aromatic nitrogens is 2. The van der Waals surface area contributed by atoms with E-state index in [0.717, 1.165) is 0 Å². The number of carboxylic acid groups (broad SMARTS) is 1. The third-order valence-corrected chi connectivity index (χ3v) is 3.09. The predicted molar refractivity (Wildman–Crippen MR) is 80.3 cm³/mol. The van der Waals surface area contributed by atoms with Crippen LogP contribution in [0, 0.1) is 17.0 Å². The quantitative estimate of drug-likeness (QED) is 0.630. The van der Waals surface area contributed by atoms with Gasteiger partial charge in [0.25, 0.3) is 5.69 Å². The number of carbonyl (C=O) groups is 1. The maximum atomic E-state index is 11.4. The topological polar surface area (TPSA) is 141 Å². The summed E-state index contributed by atoms with van der Waals surface area (Å²) in [5.74, 6) is -0.896. The molecule has 2 rings (SSSR count). The van der Waals surface area contributed by atoms with Gasteiger partial charge in [-0.25, -0.2) is 14.8 Å². The molecule has 0 aliphatic rings. The Hall–Kier alpha value is -3.23. The minimum absolute atomic E-state index is 0.0540. The molecule has 0 radical (unpaired) electrons. The van der Waals surface area contributed by atoms with Crippen LogP contribution in [0.3, 0.4) is 0 Å². The van der Waals surface area contributed by atoms with Gasteiger partial charge in [-0.15, -0.1) is 0 Å². The standard InChI is InChI=1S/C14H14N4O5/c1-7-11(13(19)20)12(17-14(15)16-7)8(2)23-10-5-3-9(4-6-10)18(21)22/h3-6,8H,1-2H3,(H,19,20)(H2,15,16,17). The molecule has 0 spiro atoms. The van der Waals surface area contributed by atoms with Crippen molar-refractivity contribution in [2.75, 3.05) is 5.73 Å². The number of nitrogen functional groups attached to an aromatic ring is 1. The number of non-ortho nitro benzene ring substituents is 1. The van der Waals surface area contributed by atoms with Crippen molar-refractivity contribution in [1.29, 1.82) is 0 Å². The number of nitro groups is 1. The zero-order valence-electron chi connectivity index (χ0n) is 12.4. The highest BCUT2D eigenvalue weighted by atomic mass is 16.6. The molecule has 0 saturated carbocycles.